The lowest BCUT2D eigenvalue weighted by atomic mass is 10.2. The fraction of sp³-hybridized carbons (Fsp3) is 0.312. The minimum absolute atomic E-state index is 0.0292. The van der Waals surface area contributed by atoms with Crippen LogP contribution in [-0.2, 0) is 4.79 Å². The van der Waals surface area contributed by atoms with E-state index in [4.69, 9.17) is 11.6 Å². The second-order valence-corrected chi connectivity index (χ2v) is 6.71. The van der Waals surface area contributed by atoms with Crippen LogP contribution in [-0.4, -0.2) is 19.0 Å². The number of thiophene rings is 1. The molecule has 2 atom stereocenters. The average molecular weight is 322 g/mol. The number of benzene rings is 1. The summed E-state index contributed by atoms with van der Waals surface area (Å²) in [6, 6.07) is 12.1. The van der Waals surface area contributed by atoms with Gasteiger partial charge in [0.2, 0.25) is 0 Å². The quantitative estimate of drug-likeness (QED) is 0.892. The summed E-state index contributed by atoms with van der Waals surface area (Å²) in [6.07, 6.45) is 2.34. The van der Waals surface area contributed by atoms with E-state index in [-0.39, 0.29) is 5.91 Å². The first kappa shape index (κ1) is 14.6. The third-order valence-electron chi connectivity index (χ3n) is 3.91. The summed E-state index contributed by atoms with van der Waals surface area (Å²) in [5.74, 6) is 0.0292. The van der Waals surface area contributed by atoms with E-state index in [0.717, 1.165) is 13.0 Å². The zero-order chi connectivity index (χ0) is 14.7. The fourth-order valence-corrected chi connectivity index (χ4v) is 4.02. The molecule has 1 unspecified atom stereocenters. The first-order valence-corrected chi connectivity index (χ1v) is 8.42. The highest BCUT2D eigenvalue weighted by Gasteiger charge is 2.32. The number of quaternary nitrogens is 1. The van der Waals surface area contributed by atoms with Gasteiger partial charge in [0.1, 0.15) is 6.04 Å². The van der Waals surface area contributed by atoms with E-state index in [0.29, 0.717) is 23.3 Å². The number of halogens is 1. The Bertz CT molecular complexity index is 614. The minimum Gasteiger partial charge on any atom is -0.320 e. The lowest BCUT2D eigenvalue weighted by molar-refractivity contribution is -0.910. The van der Waals surface area contributed by atoms with E-state index in [1.807, 2.05) is 18.2 Å². The first-order valence-electron chi connectivity index (χ1n) is 7.16. The first-order chi connectivity index (χ1) is 10.2. The number of amides is 1. The summed E-state index contributed by atoms with van der Waals surface area (Å²) in [4.78, 5) is 15.0. The molecule has 1 aromatic carbocycles. The largest absolute Gasteiger partial charge is 0.320 e. The van der Waals surface area contributed by atoms with Crippen LogP contribution in [0.25, 0.3) is 0 Å². The predicted molar refractivity (Wildman–Crippen MR) is 87.1 cm³/mol. The van der Waals surface area contributed by atoms with E-state index >= 15 is 0 Å². The van der Waals surface area contributed by atoms with E-state index in [2.05, 4.69) is 22.8 Å². The molecule has 2 N–H and O–H groups in total. The summed E-state index contributed by atoms with van der Waals surface area (Å²) in [6.45, 7) is 1.55. The fourth-order valence-electron chi connectivity index (χ4n) is 2.92. The molecule has 5 heteroatoms. The standard InChI is InChI=1S/C16H17ClN2OS/c17-12-5-1-2-6-13(12)18-16(20)11-19-9-3-7-14(19)15-8-4-10-21-15/h1-2,4-6,8,10,14H,3,7,9,11H2,(H,18,20)/p+1/t14-/m0/s1. The predicted octanol–water partition coefficient (Wildman–Crippen LogP) is 2.76. The number of hydrogen-bond donors (Lipinski definition) is 2. The smallest absolute Gasteiger partial charge is 0.279 e. The van der Waals surface area contributed by atoms with Gasteiger partial charge in [-0.25, -0.2) is 0 Å². The van der Waals surface area contributed by atoms with Gasteiger partial charge < -0.3 is 10.2 Å². The number of carbonyl (C=O) groups is 1. The Morgan fingerprint density at radius 3 is 2.95 bits per heavy atom. The summed E-state index contributed by atoms with van der Waals surface area (Å²) >= 11 is 7.86. The van der Waals surface area contributed by atoms with Crippen LogP contribution in [0.2, 0.25) is 5.02 Å². The topological polar surface area (TPSA) is 33.5 Å². The van der Waals surface area contributed by atoms with Crippen molar-refractivity contribution in [1.82, 2.24) is 0 Å². The molecule has 1 aromatic heterocycles. The molecule has 0 spiro atoms. The van der Waals surface area contributed by atoms with Crippen LogP contribution in [0.4, 0.5) is 5.69 Å². The molecule has 2 heterocycles. The van der Waals surface area contributed by atoms with Crippen molar-refractivity contribution < 1.29 is 9.69 Å². The van der Waals surface area contributed by atoms with E-state index in [9.17, 15) is 4.79 Å². The van der Waals surface area contributed by atoms with Gasteiger partial charge in [0.25, 0.3) is 5.91 Å². The van der Waals surface area contributed by atoms with Crippen molar-refractivity contribution in [3.8, 4) is 0 Å². The van der Waals surface area contributed by atoms with Crippen molar-refractivity contribution in [3.05, 3.63) is 51.7 Å². The van der Waals surface area contributed by atoms with Gasteiger partial charge in [-0.3, -0.25) is 4.79 Å². The SMILES string of the molecule is O=C(C[NH+]1CCC[C@H]1c1cccs1)Nc1ccccc1Cl. The van der Waals surface area contributed by atoms with Crippen LogP contribution in [0.1, 0.15) is 23.8 Å². The van der Waals surface area contributed by atoms with Crippen molar-refractivity contribution in [3.63, 3.8) is 0 Å². The molecule has 0 aliphatic carbocycles. The third-order valence-corrected chi connectivity index (χ3v) is 5.22. The zero-order valence-electron chi connectivity index (χ0n) is 11.6. The molecule has 1 saturated heterocycles. The van der Waals surface area contributed by atoms with Gasteiger partial charge in [0.15, 0.2) is 6.54 Å². The molecule has 0 radical (unpaired) electrons. The Morgan fingerprint density at radius 2 is 2.19 bits per heavy atom. The van der Waals surface area contributed by atoms with Gasteiger partial charge in [-0.15, -0.1) is 11.3 Å². The van der Waals surface area contributed by atoms with Crippen LogP contribution in [0.3, 0.4) is 0 Å². The maximum Gasteiger partial charge on any atom is 0.279 e. The normalized spacial score (nSPS) is 21.4. The van der Waals surface area contributed by atoms with Crippen molar-refractivity contribution in [2.75, 3.05) is 18.4 Å². The molecular formula is C16H18ClN2OS+. The zero-order valence-corrected chi connectivity index (χ0v) is 13.2. The number of carbonyl (C=O) groups excluding carboxylic acids is 1. The highest BCUT2D eigenvalue weighted by atomic mass is 35.5. The molecule has 0 saturated carbocycles. The molecule has 3 nitrogen and oxygen atoms in total. The van der Waals surface area contributed by atoms with E-state index in [1.54, 1.807) is 17.4 Å². The molecule has 1 amide bonds. The van der Waals surface area contributed by atoms with Crippen molar-refractivity contribution >= 4 is 34.5 Å². The maximum absolute atomic E-state index is 12.2. The Labute approximate surface area is 133 Å². The molecule has 110 valence electrons. The molecule has 2 aromatic rings. The second-order valence-electron chi connectivity index (χ2n) is 5.32. The van der Waals surface area contributed by atoms with E-state index in [1.165, 1.54) is 16.2 Å². The Kier molecular flexibility index (Phi) is 4.58. The van der Waals surface area contributed by atoms with Crippen molar-refractivity contribution in [1.29, 1.82) is 0 Å². The van der Waals surface area contributed by atoms with Crippen molar-refractivity contribution in [2.45, 2.75) is 18.9 Å². The molecule has 1 fully saturated rings. The summed E-state index contributed by atoms with van der Waals surface area (Å²) < 4.78 is 0. The lowest BCUT2D eigenvalue weighted by Crippen LogP contribution is -3.11. The second kappa shape index (κ2) is 6.60. The molecule has 0 bridgehead atoms. The van der Waals surface area contributed by atoms with Crippen molar-refractivity contribution in [2.24, 2.45) is 0 Å². The van der Waals surface area contributed by atoms with Gasteiger partial charge >= 0.3 is 0 Å². The van der Waals surface area contributed by atoms with Gasteiger partial charge in [0, 0.05) is 12.8 Å². The summed E-state index contributed by atoms with van der Waals surface area (Å²) in [7, 11) is 0. The van der Waals surface area contributed by atoms with E-state index < -0.39 is 0 Å². The average Bonchev–Trinajstić information content (AvgIpc) is 3.11. The number of para-hydroxylation sites is 1. The summed E-state index contributed by atoms with van der Waals surface area (Å²) in [5.41, 5.74) is 0.690. The van der Waals surface area contributed by atoms with Crippen LogP contribution < -0.4 is 10.2 Å². The number of anilines is 1. The highest BCUT2D eigenvalue weighted by Crippen LogP contribution is 2.23. The monoisotopic (exact) mass is 321 g/mol. The minimum atomic E-state index is 0.0292. The Balaban J connectivity index is 1.63. The number of likely N-dealkylation sites (tertiary alicyclic amines) is 1. The Hall–Kier alpha value is -1.36. The van der Waals surface area contributed by atoms with Gasteiger partial charge in [0.05, 0.1) is 22.1 Å². The lowest BCUT2D eigenvalue weighted by Gasteiger charge is -2.20. The van der Waals surface area contributed by atoms with Crippen LogP contribution in [0, 0.1) is 0 Å². The third kappa shape index (κ3) is 3.46. The Morgan fingerprint density at radius 1 is 1.33 bits per heavy atom. The van der Waals surface area contributed by atoms with Crippen LogP contribution in [0.15, 0.2) is 41.8 Å². The summed E-state index contributed by atoms with van der Waals surface area (Å²) in [5, 5.41) is 5.60. The molecular weight excluding hydrogens is 304 g/mol. The maximum atomic E-state index is 12.2. The van der Waals surface area contributed by atoms with Crippen LogP contribution in [0.5, 0.6) is 0 Å². The number of nitrogens with one attached hydrogen (secondary N) is 2. The number of hydrogen-bond acceptors (Lipinski definition) is 2. The number of rotatable bonds is 4. The highest BCUT2D eigenvalue weighted by molar-refractivity contribution is 7.10. The van der Waals surface area contributed by atoms with Gasteiger partial charge in [-0.05, 0) is 23.6 Å². The molecule has 1 aliphatic rings. The van der Waals surface area contributed by atoms with Gasteiger partial charge in [-0.2, -0.15) is 0 Å². The van der Waals surface area contributed by atoms with Gasteiger partial charge in [-0.1, -0.05) is 29.8 Å². The van der Waals surface area contributed by atoms with Crippen LogP contribution >= 0.6 is 22.9 Å². The molecule has 3 rings (SSSR count). The molecule has 21 heavy (non-hydrogen) atoms. The molecule has 1 aliphatic heterocycles.